The van der Waals surface area contributed by atoms with Crippen LogP contribution in [0.15, 0.2) is 46.9 Å². The molecule has 0 aliphatic heterocycles. The van der Waals surface area contributed by atoms with E-state index in [4.69, 9.17) is 4.74 Å². The van der Waals surface area contributed by atoms with Gasteiger partial charge in [0, 0.05) is 11.7 Å². The maximum absolute atomic E-state index is 9.28. The Morgan fingerprint density at radius 1 is 1.16 bits per heavy atom. The molecule has 19 heavy (non-hydrogen) atoms. The summed E-state index contributed by atoms with van der Waals surface area (Å²) in [6, 6.07) is 13.2. The van der Waals surface area contributed by atoms with Crippen LogP contribution in [0.1, 0.15) is 18.5 Å². The SMILES string of the molecule is COc1ccc(NC(C)c2ccc(O)cc2)cc1Br. The van der Waals surface area contributed by atoms with Gasteiger partial charge >= 0.3 is 0 Å². The fourth-order valence-electron chi connectivity index (χ4n) is 1.85. The number of phenolic OH excluding ortho intramolecular Hbond substituents is 1. The second-order valence-electron chi connectivity index (χ2n) is 4.31. The van der Waals surface area contributed by atoms with Gasteiger partial charge < -0.3 is 15.2 Å². The molecule has 1 atom stereocenters. The summed E-state index contributed by atoms with van der Waals surface area (Å²) < 4.78 is 6.12. The van der Waals surface area contributed by atoms with Gasteiger partial charge in [-0.15, -0.1) is 0 Å². The molecule has 0 aliphatic rings. The van der Waals surface area contributed by atoms with Gasteiger partial charge in [0.1, 0.15) is 11.5 Å². The molecule has 2 aromatic carbocycles. The van der Waals surface area contributed by atoms with Crippen molar-refractivity contribution < 1.29 is 9.84 Å². The van der Waals surface area contributed by atoms with Crippen LogP contribution in [0.2, 0.25) is 0 Å². The molecule has 2 aromatic rings. The predicted molar refractivity (Wildman–Crippen MR) is 80.8 cm³/mol. The van der Waals surface area contributed by atoms with E-state index < -0.39 is 0 Å². The molecule has 0 saturated heterocycles. The van der Waals surface area contributed by atoms with E-state index in [-0.39, 0.29) is 11.8 Å². The Kier molecular flexibility index (Phi) is 4.32. The number of rotatable bonds is 4. The molecular weight excluding hydrogens is 306 g/mol. The van der Waals surface area contributed by atoms with Crippen LogP contribution in [0.4, 0.5) is 5.69 Å². The minimum absolute atomic E-state index is 0.154. The summed E-state index contributed by atoms with van der Waals surface area (Å²) >= 11 is 3.46. The summed E-state index contributed by atoms with van der Waals surface area (Å²) in [6.45, 7) is 2.07. The first kappa shape index (κ1) is 13.7. The molecule has 0 spiro atoms. The summed E-state index contributed by atoms with van der Waals surface area (Å²) in [7, 11) is 1.65. The van der Waals surface area contributed by atoms with Crippen molar-refractivity contribution in [3.63, 3.8) is 0 Å². The van der Waals surface area contributed by atoms with Gasteiger partial charge in [-0.05, 0) is 58.7 Å². The van der Waals surface area contributed by atoms with Crippen molar-refractivity contribution in [2.75, 3.05) is 12.4 Å². The van der Waals surface area contributed by atoms with E-state index in [9.17, 15) is 5.11 Å². The zero-order valence-electron chi connectivity index (χ0n) is 10.9. The summed E-state index contributed by atoms with van der Waals surface area (Å²) in [5.74, 6) is 1.09. The van der Waals surface area contributed by atoms with Gasteiger partial charge in [-0.2, -0.15) is 0 Å². The van der Waals surface area contributed by atoms with Crippen LogP contribution in [-0.2, 0) is 0 Å². The van der Waals surface area contributed by atoms with Gasteiger partial charge in [0.25, 0.3) is 0 Å². The van der Waals surface area contributed by atoms with E-state index in [0.29, 0.717) is 0 Å². The monoisotopic (exact) mass is 321 g/mol. The van der Waals surface area contributed by atoms with Crippen molar-refractivity contribution in [3.05, 3.63) is 52.5 Å². The molecule has 0 heterocycles. The fourth-order valence-corrected chi connectivity index (χ4v) is 2.39. The van der Waals surface area contributed by atoms with E-state index in [1.165, 1.54) is 0 Å². The maximum Gasteiger partial charge on any atom is 0.133 e. The number of nitrogens with one attached hydrogen (secondary N) is 1. The largest absolute Gasteiger partial charge is 0.508 e. The fraction of sp³-hybridized carbons (Fsp3) is 0.200. The molecule has 100 valence electrons. The Morgan fingerprint density at radius 2 is 1.84 bits per heavy atom. The number of hydrogen-bond acceptors (Lipinski definition) is 3. The Bertz CT molecular complexity index is 555. The summed E-state index contributed by atoms with van der Waals surface area (Å²) in [4.78, 5) is 0. The second kappa shape index (κ2) is 5.97. The number of hydrogen-bond donors (Lipinski definition) is 2. The highest BCUT2D eigenvalue weighted by atomic mass is 79.9. The quantitative estimate of drug-likeness (QED) is 0.880. The predicted octanol–water partition coefficient (Wildman–Crippen LogP) is 4.34. The van der Waals surface area contributed by atoms with E-state index in [0.717, 1.165) is 21.5 Å². The minimum atomic E-state index is 0.154. The molecule has 3 nitrogen and oxygen atoms in total. The number of phenols is 1. The summed E-state index contributed by atoms with van der Waals surface area (Å²) in [5.41, 5.74) is 2.12. The highest BCUT2D eigenvalue weighted by Gasteiger charge is 2.07. The standard InChI is InChI=1S/C15H16BrNO2/c1-10(11-3-6-13(18)7-4-11)17-12-5-8-15(19-2)14(16)9-12/h3-10,17-18H,1-2H3. The average Bonchev–Trinajstić information content (AvgIpc) is 2.39. The van der Waals surface area contributed by atoms with Crippen molar-refractivity contribution in [3.8, 4) is 11.5 Å². The van der Waals surface area contributed by atoms with Gasteiger partial charge in [0.2, 0.25) is 0 Å². The number of anilines is 1. The van der Waals surface area contributed by atoms with E-state index in [1.54, 1.807) is 19.2 Å². The van der Waals surface area contributed by atoms with Crippen molar-refractivity contribution in [2.45, 2.75) is 13.0 Å². The summed E-state index contributed by atoms with van der Waals surface area (Å²) in [5, 5.41) is 12.7. The van der Waals surface area contributed by atoms with Crippen LogP contribution in [0.5, 0.6) is 11.5 Å². The molecule has 2 N–H and O–H groups in total. The van der Waals surface area contributed by atoms with Crippen LogP contribution < -0.4 is 10.1 Å². The molecule has 0 fully saturated rings. The molecule has 0 amide bonds. The topological polar surface area (TPSA) is 41.5 Å². The van der Waals surface area contributed by atoms with Crippen LogP contribution in [0.3, 0.4) is 0 Å². The number of aromatic hydroxyl groups is 1. The molecular formula is C15H16BrNO2. The lowest BCUT2D eigenvalue weighted by atomic mass is 10.1. The lowest BCUT2D eigenvalue weighted by molar-refractivity contribution is 0.412. The van der Waals surface area contributed by atoms with Gasteiger partial charge in [0.15, 0.2) is 0 Å². The first-order valence-electron chi connectivity index (χ1n) is 5.99. The molecule has 0 aromatic heterocycles. The van der Waals surface area contributed by atoms with Crippen molar-refractivity contribution >= 4 is 21.6 Å². The van der Waals surface area contributed by atoms with Gasteiger partial charge in [-0.25, -0.2) is 0 Å². The lowest BCUT2D eigenvalue weighted by Crippen LogP contribution is -2.06. The highest BCUT2D eigenvalue weighted by molar-refractivity contribution is 9.10. The van der Waals surface area contributed by atoms with E-state index >= 15 is 0 Å². The van der Waals surface area contributed by atoms with Gasteiger partial charge in [0.05, 0.1) is 11.6 Å². The van der Waals surface area contributed by atoms with E-state index in [1.807, 2.05) is 30.3 Å². The first-order chi connectivity index (χ1) is 9.10. The molecule has 2 rings (SSSR count). The number of methoxy groups -OCH3 is 1. The molecule has 0 radical (unpaired) electrons. The minimum Gasteiger partial charge on any atom is -0.508 e. The van der Waals surface area contributed by atoms with Crippen LogP contribution in [-0.4, -0.2) is 12.2 Å². The van der Waals surface area contributed by atoms with Crippen LogP contribution >= 0.6 is 15.9 Å². The Labute approximate surface area is 121 Å². The lowest BCUT2D eigenvalue weighted by Gasteiger charge is -2.16. The van der Waals surface area contributed by atoms with Crippen LogP contribution in [0.25, 0.3) is 0 Å². The third kappa shape index (κ3) is 3.41. The van der Waals surface area contributed by atoms with Gasteiger partial charge in [-0.3, -0.25) is 0 Å². The van der Waals surface area contributed by atoms with E-state index in [2.05, 4.69) is 28.2 Å². The Morgan fingerprint density at radius 3 is 2.42 bits per heavy atom. The zero-order chi connectivity index (χ0) is 13.8. The average molecular weight is 322 g/mol. The molecule has 0 saturated carbocycles. The molecule has 0 bridgehead atoms. The van der Waals surface area contributed by atoms with Crippen LogP contribution in [0, 0.1) is 0 Å². The highest BCUT2D eigenvalue weighted by Crippen LogP contribution is 2.29. The van der Waals surface area contributed by atoms with Crippen molar-refractivity contribution in [1.82, 2.24) is 0 Å². The maximum atomic E-state index is 9.28. The normalized spacial score (nSPS) is 11.9. The molecule has 4 heteroatoms. The Balaban J connectivity index is 2.12. The third-order valence-corrected chi connectivity index (χ3v) is 3.55. The first-order valence-corrected chi connectivity index (χ1v) is 6.78. The second-order valence-corrected chi connectivity index (χ2v) is 5.16. The van der Waals surface area contributed by atoms with Crippen molar-refractivity contribution in [2.24, 2.45) is 0 Å². The Hall–Kier alpha value is -1.68. The third-order valence-electron chi connectivity index (χ3n) is 2.93. The van der Waals surface area contributed by atoms with Crippen molar-refractivity contribution in [1.29, 1.82) is 0 Å². The molecule has 1 unspecified atom stereocenters. The van der Waals surface area contributed by atoms with Gasteiger partial charge in [-0.1, -0.05) is 12.1 Å². The smallest absolute Gasteiger partial charge is 0.133 e. The summed E-state index contributed by atoms with van der Waals surface area (Å²) in [6.07, 6.45) is 0. The zero-order valence-corrected chi connectivity index (χ0v) is 12.4. The number of benzene rings is 2. The molecule has 0 aliphatic carbocycles. The number of ether oxygens (including phenoxy) is 1. The number of halogens is 1.